The van der Waals surface area contributed by atoms with Crippen LogP contribution in [0.25, 0.3) is 0 Å². The molecule has 0 saturated heterocycles. The van der Waals surface area contributed by atoms with E-state index in [0.29, 0.717) is 19.1 Å². The Morgan fingerprint density at radius 1 is 1.06 bits per heavy atom. The molecule has 36 heavy (non-hydrogen) atoms. The van der Waals surface area contributed by atoms with Gasteiger partial charge in [-0.15, -0.1) is 0 Å². The minimum Gasteiger partial charge on any atom is -0.488 e. The summed E-state index contributed by atoms with van der Waals surface area (Å²) in [5.74, 6) is 1.62. The number of carbonyl (C=O) groups is 1. The first kappa shape index (κ1) is 30.4. The number of hydrogen-bond acceptors (Lipinski definition) is 5. The molecule has 0 aliphatic heterocycles. The Morgan fingerprint density at radius 2 is 1.72 bits per heavy atom. The van der Waals surface area contributed by atoms with E-state index in [-0.39, 0.29) is 11.6 Å². The highest BCUT2D eigenvalue weighted by Crippen LogP contribution is 2.42. The predicted octanol–water partition coefficient (Wildman–Crippen LogP) is 7.70. The Hall–Kier alpha value is -1.84. The van der Waals surface area contributed by atoms with Crippen molar-refractivity contribution < 1.29 is 23.4 Å². The van der Waals surface area contributed by atoms with Crippen LogP contribution in [0, 0.1) is 9.49 Å². The molecular formula is C29H41IO5Si. The number of benzene rings is 2. The van der Waals surface area contributed by atoms with Crippen molar-refractivity contribution in [3.8, 4) is 11.5 Å². The molecule has 5 nitrogen and oxygen atoms in total. The third-order valence-electron chi connectivity index (χ3n) is 6.37. The summed E-state index contributed by atoms with van der Waals surface area (Å²) in [6.07, 6.45) is 3.92. The summed E-state index contributed by atoms with van der Waals surface area (Å²) < 4.78 is 25.1. The Kier molecular flexibility index (Phi) is 11.5. The number of halogens is 1. The summed E-state index contributed by atoms with van der Waals surface area (Å²) in [5.41, 5.74) is 3.17. The first-order chi connectivity index (χ1) is 16.9. The second kappa shape index (κ2) is 13.6. The van der Waals surface area contributed by atoms with E-state index in [1.807, 2.05) is 18.2 Å². The van der Waals surface area contributed by atoms with Gasteiger partial charge in [0.25, 0.3) is 0 Å². The topological polar surface area (TPSA) is 54.0 Å². The maximum atomic E-state index is 11.5. The molecular weight excluding hydrogens is 583 g/mol. The van der Waals surface area contributed by atoms with Crippen LogP contribution in [0.4, 0.5) is 0 Å². The van der Waals surface area contributed by atoms with Crippen molar-refractivity contribution in [1.82, 2.24) is 0 Å². The quantitative estimate of drug-likeness (QED) is 0.105. The van der Waals surface area contributed by atoms with Crippen LogP contribution in [-0.4, -0.2) is 28.0 Å². The van der Waals surface area contributed by atoms with Crippen molar-refractivity contribution >= 4 is 36.9 Å². The van der Waals surface area contributed by atoms with E-state index in [1.165, 1.54) is 13.2 Å². The zero-order valence-electron chi connectivity index (χ0n) is 22.9. The molecule has 198 valence electrons. The fourth-order valence-electron chi connectivity index (χ4n) is 3.33. The minimum atomic E-state index is -2.03. The van der Waals surface area contributed by atoms with Gasteiger partial charge in [0, 0.05) is 6.08 Å². The third kappa shape index (κ3) is 8.92. The van der Waals surface area contributed by atoms with Gasteiger partial charge in [-0.25, -0.2) is 4.79 Å². The van der Waals surface area contributed by atoms with E-state index < -0.39 is 14.3 Å². The van der Waals surface area contributed by atoms with Crippen molar-refractivity contribution in [2.75, 3.05) is 13.7 Å². The molecule has 0 atom stereocenters. The summed E-state index contributed by atoms with van der Waals surface area (Å²) in [4.78, 5) is 11.5. The van der Waals surface area contributed by atoms with E-state index in [0.717, 1.165) is 38.2 Å². The summed E-state index contributed by atoms with van der Waals surface area (Å²) in [5, 5.41) is 0.0744. The van der Waals surface area contributed by atoms with E-state index in [2.05, 4.69) is 93.2 Å². The van der Waals surface area contributed by atoms with Gasteiger partial charge in [-0.3, -0.25) is 0 Å². The molecule has 0 unspecified atom stereocenters. The number of methoxy groups -OCH3 is 1. The third-order valence-corrected chi connectivity index (χ3v) is 11.7. The Balaban J connectivity index is 2.52. The summed E-state index contributed by atoms with van der Waals surface area (Å²) in [7, 11) is -0.676. The highest BCUT2D eigenvalue weighted by molar-refractivity contribution is 14.1. The summed E-state index contributed by atoms with van der Waals surface area (Å²) >= 11 is 2.32. The highest BCUT2D eigenvalue weighted by Gasteiger charge is 2.37. The van der Waals surface area contributed by atoms with Crippen molar-refractivity contribution in [3.63, 3.8) is 0 Å². The molecule has 2 aromatic rings. The van der Waals surface area contributed by atoms with Crippen LogP contribution in [0.3, 0.4) is 0 Å². The molecule has 0 radical (unpaired) electrons. The van der Waals surface area contributed by atoms with Gasteiger partial charge in [0.05, 0.1) is 22.9 Å². The molecule has 0 saturated carbocycles. The number of carbonyl (C=O) groups excluding carboxylic acids is 1. The van der Waals surface area contributed by atoms with E-state index in [4.69, 9.17) is 13.9 Å². The molecule has 0 aromatic heterocycles. The monoisotopic (exact) mass is 624 g/mol. The molecule has 0 aliphatic rings. The first-order valence-corrected chi connectivity index (χ1v) is 16.4. The zero-order chi connectivity index (χ0) is 26.9. The maximum absolute atomic E-state index is 11.5. The van der Waals surface area contributed by atoms with Crippen molar-refractivity contribution in [2.45, 2.75) is 72.4 Å². The van der Waals surface area contributed by atoms with Gasteiger partial charge in [0.2, 0.25) is 0 Å². The number of esters is 1. The molecule has 0 amide bonds. The fraction of sp³-hybridized carbons (Fsp3) is 0.483. The SMILES string of the molecule is COC(=O)C=CCOc1c(I)cc(CC(C)C)c(OCc2ccccc2)c1CO[Si](C)(C)C(C)(C)C. The number of rotatable bonds is 12. The van der Waals surface area contributed by atoms with Gasteiger partial charge in [-0.2, -0.15) is 0 Å². The molecule has 0 fully saturated rings. The van der Waals surface area contributed by atoms with Gasteiger partial charge in [-0.1, -0.05) is 65.0 Å². The fourth-order valence-corrected chi connectivity index (χ4v) is 5.12. The van der Waals surface area contributed by atoms with Crippen molar-refractivity contribution in [2.24, 2.45) is 5.92 Å². The Morgan fingerprint density at radius 3 is 2.31 bits per heavy atom. The van der Waals surface area contributed by atoms with Crippen LogP contribution >= 0.6 is 22.6 Å². The van der Waals surface area contributed by atoms with E-state index >= 15 is 0 Å². The second-order valence-electron chi connectivity index (χ2n) is 10.8. The lowest BCUT2D eigenvalue weighted by Crippen LogP contribution is -2.40. The minimum absolute atomic E-state index is 0.0744. The van der Waals surface area contributed by atoms with Gasteiger partial charge in [0.1, 0.15) is 24.7 Å². The lowest BCUT2D eigenvalue weighted by molar-refractivity contribution is -0.134. The molecule has 0 N–H and O–H groups in total. The van der Waals surface area contributed by atoms with Gasteiger partial charge in [-0.05, 0) is 76.3 Å². The molecule has 7 heteroatoms. The maximum Gasteiger partial charge on any atom is 0.330 e. The standard InChI is InChI=1S/C29H41IO5Si/c1-21(2)17-23-18-25(30)28(33-16-12-15-26(31)32-6)24(20-35-36(7,8)29(3,4)5)27(23)34-19-22-13-10-9-11-14-22/h9-15,18,21H,16-17,19-20H2,1-8H3. The van der Waals surface area contributed by atoms with Crippen LogP contribution in [0.1, 0.15) is 51.3 Å². The Labute approximate surface area is 231 Å². The van der Waals surface area contributed by atoms with Crippen LogP contribution < -0.4 is 9.47 Å². The average Bonchev–Trinajstić information content (AvgIpc) is 2.80. The summed E-state index contributed by atoms with van der Waals surface area (Å²) in [6, 6.07) is 12.3. The lowest BCUT2D eigenvalue weighted by Gasteiger charge is -2.36. The van der Waals surface area contributed by atoms with E-state index in [9.17, 15) is 4.79 Å². The molecule has 0 spiro atoms. The Bertz CT molecular complexity index is 1030. The second-order valence-corrected chi connectivity index (χ2v) is 16.8. The van der Waals surface area contributed by atoms with E-state index in [1.54, 1.807) is 6.08 Å². The predicted molar refractivity (Wildman–Crippen MR) is 157 cm³/mol. The number of ether oxygens (including phenoxy) is 3. The van der Waals surface area contributed by atoms with Crippen molar-refractivity contribution in [3.05, 3.63) is 68.8 Å². The molecule has 2 aromatic carbocycles. The van der Waals surface area contributed by atoms with Crippen LogP contribution in [0.2, 0.25) is 18.1 Å². The number of hydrogen-bond donors (Lipinski definition) is 0. The van der Waals surface area contributed by atoms with Gasteiger partial charge < -0.3 is 18.6 Å². The first-order valence-electron chi connectivity index (χ1n) is 12.4. The van der Waals surface area contributed by atoms with Crippen LogP contribution in [-0.2, 0) is 33.6 Å². The lowest BCUT2D eigenvalue weighted by atomic mass is 9.99. The van der Waals surface area contributed by atoms with Crippen LogP contribution in [0.5, 0.6) is 11.5 Å². The van der Waals surface area contributed by atoms with Gasteiger partial charge in [0.15, 0.2) is 8.32 Å². The molecule has 0 heterocycles. The molecule has 0 aliphatic carbocycles. The molecule has 0 bridgehead atoms. The highest BCUT2D eigenvalue weighted by atomic mass is 127. The van der Waals surface area contributed by atoms with Crippen molar-refractivity contribution in [1.29, 1.82) is 0 Å². The zero-order valence-corrected chi connectivity index (χ0v) is 26.1. The summed E-state index contributed by atoms with van der Waals surface area (Å²) in [6.45, 7) is 16.7. The average molecular weight is 625 g/mol. The van der Waals surface area contributed by atoms with Gasteiger partial charge >= 0.3 is 5.97 Å². The molecule has 2 rings (SSSR count). The van der Waals surface area contributed by atoms with Crippen LogP contribution in [0.15, 0.2) is 48.6 Å². The largest absolute Gasteiger partial charge is 0.488 e. The normalized spacial score (nSPS) is 12.3. The smallest absolute Gasteiger partial charge is 0.330 e.